The van der Waals surface area contributed by atoms with Crippen LogP contribution < -0.4 is 23.0 Å². The van der Waals surface area contributed by atoms with Crippen molar-refractivity contribution in [1.82, 2.24) is 0 Å². The van der Waals surface area contributed by atoms with E-state index in [1.54, 1.807) is 0 Å². The third-order valence-electron chi connectivity index (χ3n) is 4.07. The van der Waals surface area contributed by atoms with E-state index < -0.39 is 10.2 Å². The number of aromatic nitrogens is 1. The van der Waals surface area contributed by atoms with Gasteiger partial charge in [-0.15, -0.1) is 10.2 Å². The van der Waals surface area contributed by atoms with E-state index in [2.05, 4.69) is 90.4 Å². The van der Waals surface area contributed by atoms with Crippen LogP contribution in [0, 0.1) is 17.2 Å². The highest BCUT2D eigenvalue weighted by molar-refractivity contribution is 6.02. The van der Waals surface area contributed by atoms with Crippen molar-refractivity contribution in [3.8, 4) is 11.1 Å². The number of hydrogen-bond acceptors (Lipinski definition) is 4. The molecular weight excluding hydrogens is 354 g/mol. The minimum absolute atomic E-state index is 1.24. The maximum absolute atomic E-state index is 8.49. The summed E-state index contributed by atoms with van der Waals surface area (Å²) in [6.07, 6.45) is 4.35. The van der Waals surface area contributed by atoms with Crippen molar-refractivity contribution < 1.29 is 33.3 Å². The first kappa shape index (κ1) is 18.3. The van der Waals surface area contributed by atoms with E-state index >= 15 is 0 Å². The van der Waals surface area contributed by atoms with E-state index in [9.17, 15) is 0 Å². The normalized spacial score (nSPS) is 11.3. The van der Waals surface area contributed by atoms with Gasteiger partial charge in [-0.3, -0.25) is 0 Å². The Kier molecular flexibility index (Phi) is 5.18. The van der Waals surface area contributed by atoms with Gasteiger partial charge in [0.05, 0.1) is 5.56 Å². The van der Waals surface area contributed by atoms with E-state index in [4.69, 9.17) is 18.6 Å². The predicted molar refractivity (Wildman–Crippen MR) is 87.3 cm³/mol. The first-order chi connectivity index (χ1) is 12.3. The van der Waals surface area contributed by atoms with Gasteiger partial charge < -0.3 is 0 Å². The number of aryl methyl sites for hydroxylation is 1. The van der Waals surface area contributed by atoms with Crippen molar-refractivity contribution >= 4 is 16.3 Å². The first-order valence-electron chi connectivity index (χ1n) is 7.84. The SMILES string of the molecule is Cc1cccc2c(-c3ccccc3)c3cccc[n+]3cc12.[O-][Cl+3]([O-])([O-])[O-]. The van der Waals surface area contributed by atoms with Gasteiger partial charge in [0.15, 0.2) is 12.4 Å². The Balaban J connectivity index is 0.000000349. The summed E-state index contributed by atoms with van der Waals surface area (Å²) < 4.78 is 36.2. The largest absolute Gasteiger partial charge is 0.222 e. The number of nitrogens with zero attached hydrogens (tertiary/aromatic N) is 1. The average molecular weight is 370 g/mol. The van der Waals surface area contributed by atoms with Crippen molar-refractivity contribution in [2.75, 3.05) is 0 Å². The van der Waals surface area contributed by atoms with Crippen LogP contribution in [0.4, 0.5) is 0 Å². The van der Waals surface area contributed by atoms with Crippen LogP contribution in [0.3, 0.4) is 0 Å². The quantitative estimate of drug-likeness (QED) is 0.343. The third-order valence-corrected chi connectivity index (χ3v) is 4.07. The second-order valence-electron chi connectivity index (χ2n) is 5.78. The molecule has 4 aromatic rings. The molecule has 0 bridgehead atoms. The molecule has 5 nitrogen and oxygen atoms in total. The molecule has 0 aliphatic heterocycles. The molecule has 0 saturated heterocycles. The minimum Gasteiger partial charge on any atom is -0.222 e. The minimum atomic E-state index is -4.94. The topological polar surface area (TPSA) is 96.3 Å². The fraction of sp³-hybridized carbons (Fsp3) is 0.0500. The van der Waals surface area contributed by atoms with Gasteiger partial charge in [0.1, 0.15) is 0 Å². The molecule has 6 heteroatoms. The Hall–Kier alpha value is -2.54. The van der Waals surface area contributed by atoms with E-state index in [0.717, 1.165) is 0 Å². The number of halogens is 1. The number of pyridine rings is 2. The molecule has 2 heterocycles. The zero-order valence-corrected chi connectivity index (χ0v) is 14.7. The average Bonchev–Trinajstić information content (AvgIpc) is 2.60. The number of hydrogen-bond donors (Lipinski definition) is 0. The monoisotopic (exact) mass is 369 g/mol. The Bertz CT molecular complexity index is 1040. The van der Waals surface area contributed by atoms with Gasteiger partial charge in [0.2, 0.25) is 5.52 Å². The molecule has 0 atom stereocenters. The second kappa shape index (κ2) is 7.37. The summed E-state index contributed by atoms with van der Waals surface area (Å²) in [6, 6.07) is 23.5. The lowest BCUT2D eigenvalue weighted by atomic mass is 9.96. The van der Waals surface area contributed by atoms with Crippen LogP contribution in [0.25, 0.3) is 27.4 Å². The molecule has 26 heavy (non-hydrogen) atoms. The lowest BCUT2D eigenvalue weighted by Gasteiger charge is -2.17. The van der Waals surface area contributed by atoms with E-state index in [1.165, 1.54) is 33.0 Å². The van der Waals surface area contributed by atoms with Crippen LogP contribution in [0.1, 0.15) is 5.56 Å². The lowest BCUT2D eigenvalue weighted by molar-refractivity contribution is -2.00. The molecule has 0 aliphatic rings. The van der Waals surface area contributed by atoms with Gasteiger partial charge >= 0.3 is 0 Å². The summed E-state index contributed by atoms with van der Waals surface area (Å²) in [7, 11) is -4.94. The van der Waals surface area contributed by atoms with Gasteiger partial charge in [-0.25, -0.2) is 18.6 Å². The zero-order chi connectivity index (χ0) is 18.7. The fourth-order valence-electron chi connectivity index (χ4n) is 3.04. The van der Waals surface area contributed by atoms with Crippen LogP contribution in [0.2, 0.25) is 0 Å². The maximum Gasteiger partial charge on any atom is 0.219 e. The lowest BCUT2D eigenvalue weighted by Crippen LogP contribution is -2.68. The summed E-state index contributed by atoms with van der Waals surface area (Å²) in [4.78, 5) is 0. The van der Waals surface area contributed by atoms with Crippen LogP contribution >= 0.6 is 0 Å². The summed E-state index contributed by atoms with van der Waals surface area (Å²) >= 11 is 0. The second-order valence-corrected chi connectivity index (χ2v) is 6.53. The molecule has 0 fully saturated rings. The summed E-state index contributed by atoms with van der Waals surface area (Å²) in [5, 5.41) is 2.62. The number of fused-ring (bicyclic) bond motifs is 2. The molecule has 0 spiro atoms. The third kappa shape index (κ3) is 4.16. The fourth-order valence-corrected chi connectivity index (χ4v) is 3.04. The van der Waals surface area contributed by atoms with Crippen molar-refractivity contribution in [1.29, 1.82) is 0 Å². The molecule has 0 N–H and O–H groups in total. The standard InChI is InChI=1S/C20H16N.ClHO4/c1-15-8-7-11-17-18(15)14-21-13-6-5-12-19(21)20(17)16-9-3-2-4-10-16;2-1(3,4)5/h2-14H,1H3;(H,2,3,4,5)/q+1;/p-1. The Morgan fingerprint density at radius 2 is 1.38 bits per heavy atom. The van der Waals surface area contributed by atoms with Crippen molar-refractivity contribution in [3.63, 3.8) is 0 Å². The summed E-state index contributed by atoms with van der Waals surface area (Å²) in [6.45, 7) is 2.17. The highest BCUT2D eigenvalue weighted by Gasteiger charge is 2.16. The molecule has 0 aliphatic carbocycles. The molecule has 2 aromatic heterocycles. The van der Waals surface area contributed by atoms with Gasteiger partial charge in [0, 0.05) is 22.9 Å². The molecule has 4 rings (SSSR count). The highest BCUT2D eigenvalue weighted by atomic mass is 35.7. The molecule has 2 aromatic carbocycles. The zero-order valence-electron chi connectivity index (χ0n) is 14.0. The first-order valence-corrected chi connectivity index (χ1v) is 9.07. The molecular formula is C20H16ClNO4. The number of rotatable bonds is 1. The molecule has 0 radical (unpaired) electrons. The maximum atomic E-state index is 8.49. The van der Waals surface area contributed by atoms with Gasteiger partial charge in [-0.05, 0) is 24.1 Å². The predicted octanol–water partition coefficient (Wildman–Crippen LogP) is -0.202. The van der Waals surface area contributed by atoms with Crippen LogP contribution in [0.15, 0.2) is 79.1 Å². The Labute approximate surface area is 152 Å². The summed E-state index contributed by atoms with van der Waals surface area (Å²) in [5.41, 5.74) is 5.11. The van der Waals surface area contributed by atoms with E-state index in [1.807, 2.05) is 0 Å². The van der Waals surface area contributed by atoms with Gasteiger partial charge in [-0.2, -0.15) is 4.40 Å². The van der Waals surface area contributed by atoms with Gasteiger partial charge in [0.25, 0.3) is 0 Å². The Morgan fingerprint density at radius 3 is 2.08 bits per heavy atom. The van der Waals surface area contributed by atoms with Crippen molar-refractivity contribution in [2.45, 2.75) is 6.92 Å². The van der Waals surface area contributed by atoms with Crippen LogP contribution in [-0.4, -0.2) is 0 Å². The smallest absolute Gasteiger partial charge is 0.219 e. The highest BCUT2D eigenvalue weighted by Crippen LogP contribution is 2.31. The van der Waals surface area contributed by atoms with Gasteiger partial charge in [-0.1, -0.05) is 48.5 Å². The van der Waals surface area contributed by atoms with Crippen molar-refractivity contribution in [3.05, 3.63) is 84.7 Å². The number of benzene rings is 2. The van der Waals surface area contributed by atoms with E-state index in [0.29, 0.717) is 0 Å². The summed E-state index contributed by atoms with van der Waals surface area (Å²) in [5.74, 6) is 0. The molecule has 0 unspecified atom stereocenters. The molecule has 0 amide bonds. The molecule has 132 valence electrons. The Morgan fingerprint density at radius 1 is 0.731 bits per heavy atom. The van der Waals surface area contributed by atoms with Crippen LogP contribution in [-0.2, 0) is 0 Å². The van der Waals surface area contributed by atoms with Crippen LogP contribution in [0.5, 0.6) is 0 Å². The van der Waals surface area contributed by atoms with E-state index in [-0.39, 0.29) is 0 Å². The molecule has 0 saturated carbocycles. The van der Waals surface area contributed by atoms with Crippen molar-refractivity contribution in [2.24, 2.45) is 0 Å².